The van der Waals surface area contributed by atoms with Crippen molar-refractivity contribution < 1.29 is 23.0 Å². The number of carbonyl (C=O) groups excluding carboxylic acids is 1. The highest BCUT2D eigenvalue weighted by atomic mass is 79.9. The number of hydrogen-bond acceptors (Lipinski definition) is 4. The van der Waals surface area contributed by atoms with E-state index in [2.05, 4.69) is 36.9 Å². The third-order valence-electron chi connectivity index (χ3n) is 4.38. The van der Waals surface area contributed by atoms with Crippen molar-refractivity contribution in [2.24, 2.45) is 4.99 Å². The quantitative estimate of drug-likeness (QED) is 0.273. The molecule has 0 aromatic heterocycles. The molecule has 8 heteroatoms. The van der Waals surface area contributed by atoms with E-state index in [4.69, 9.17) is 9.47 Å². The number of ether oxygens (including phenoxy) is 2. The minimum Gasteiger partial charge on any atom is -0.486 e. The van der Waals surface area contributed by atoms with Gasteiger partial charge >= 0.3 is 5.97 Å². The molecular weight excluding hydrogens is 536 g/mol. The first kappa shape index (κ1) is 21.4. The second-order valence-corrected chi connectivity index (χ2v) is 8.22. The molecule has 1 heterocycles. The topological polar surface area (TPSA) is 47.9 Å². The minimum atomic E-state index is -0.676. The molecule has 0 N–H and O–H groups in total. The summed E-state index contributed by atoms with van der Waals surface area (Å²) in [6.45, 7) is 0.0485. The Kier molecular flexibility index (Phi) is 6.29. The Labute approximate surface area is 193 Å². The van der Waals surface area contributed by atoms with E-state index >= 15 is 0 Å². The zero-order valence-corrected chi connectivity index (χ0v) is 18.9. The Morgan fingerprint density at radius 3 is 2.29 bits per heavy atom. The molecule has 3 aromatic carbocycles. The maximum Gasteiger partial charge on any atom is 0.363 e. The van der Waals surface area contributed by atoms with Gasteiger partial charge in [0.15, 0.2) is 5.70 Å². The highest BCUT2D eigenvalue weighted by molar-refractivity contribution is 9.11. The molecule has 4 nitrogen and oxygen atoms in total. The van der Waals surface area contributed by atoms with Crippen LogP contribution in [0.4, 0.5) is 8.78 Å². The number of carbonyl (C=O) groups is 1. The maximum atomic E-state index is 14.0. The van der Waals surface area contributed by atoms with Crippen LogP contribution in [0.25, 0.3) is 6.08 Å². The van der Waals surface area contributed by atoms with E-state index in [1.54, 1.807) is 36.4 Å². The lowest BCUT2D eigenvalue weighted by atomic mass is 10.2. The fourth-order valence-electron chi connectivity index (χ4n) is 2.88. The summed E-state index contributed by atoms with van der Waals surface area (Å²) in [5, 5.41) is 0. The van der Waals surface area contributed by atoms with Gasteiger partial charge in [-0.05, 0) is 73.8 Å². The van der Waals surface area contributed by atoms with Crippen LogP contribution in [-0.2, 0) is 16.1 Å². The molecule has 0 fully saturated rings. The van der Waals surface area contributed by atoms with Crippen LogP contribution in [0.5, 0.6) is 5.75 Å². The Morgan fingerprint density at radius 2 is 1.61 bits per heavy atom. The van der Waals surface area contributed by atoms with E-state index in [0.717, 1.165) is 0 Å². The number of esters is 1. The normalized spacial score (nSPS) is 14.5. The zero-order chi connectivity index (χ0) is 22.0. The van der Waals surface area contributed by atoms with E-state index in [1.807, 2.05) is 0 Å². The molecule has 0 bridgehead atoms. The number of halogens is 4. The molecule has 0 radical (unpaired) electrons. The number of rotatable bonds is 5. The van der Waals surface area contributed by atoms with Gasteiger partial charge in [-0.15, -0.1) is 0 Å². The van der Waals surface area contributed by atoms with Gasteiger partial charge in [-0.25, -0.2) is 18.6 Å². The number of benzene rings is 3. The van der Waals surface area contributed by atoms with E-state index in [0.29, 0.717) is 25.8 Å². The van der Waals surface area contributed by atoms with E-state index < -0.39 is 11.8 Å². The Hall–Kier alpha value is -2.84. The fraction of sp³-hybridized carbons (Fsp3) is 0.0435. The van der Waals surface area contributed by atoms with Gasteiger partial charge in [0.25, 0.3) is 0 Å². The van der Waals surface area contributed by atoms with Crippen LogP contribution in [-0.4, -0.2) is 11.9 Å². The van der Waals surface area contributed by atoms with Crippen LogP contribution < -0.4 is 4.74 Å². The molecule has 1 aliphatic rings. The zero-order valence-electron chi connectivity index (χ0n) is 15.7. The minimum absolute atomic E-state index is 0.0390. The van der Waals surface area contributed by atoms with Crippen LogP contribution in [0.2, 0.25) is 0 Å². The predicted molar refractivity (Wildman–Crippen MR) is 120 cm³/mol. The summed E-state index contributed by atoms with van der Waals surface area (Å²) in [7, 11) is 0. The third-order valence-corrected chi connectivity index (χ3v) is 5.56. The van der Waals surface area contributed by atoms with Crippen molar-refractivity contribution >= 4 is 49.8 Å². The highest BCUT2D eigenvalue weighted by Crippen LogP contribution is 2.36. The molecule has 0 saturated carbocycles. The average Bonchev–Trinajstić information content (AvgIpc) is 3.09. The number of hydrogen-bond donors (Lipinski definition) is 0. The first-order valence-corrected chi connectivity index (χ1v) is 10.6. The molecule has 0 atom stereocenters. The van der Waals surface area contributed by atoms with Crippen LogP contribution in [0.1, 0.15) is 16.7 Å². The van der Waals surface area contributed by atoms with E-state index in [1.165, 1.54) is 30.3 Å². The van der Waals surface area contributed by atoms with Gasteiger partial charge in [-0.2, -0.15) is 0 Å². The molecule has 0 amide bonds. The van der Waals surface area contributed by atoms with Crippen molar-refractivity contribution in [1.82, 2.24) is 0 Å². The molecular formula is C23H13Br2F2NO3. The lowest BCUT2D eigenvalue weighted by Gasteiger charge is -2.12. The first-order chi connectivity index (χ1) is 14.9. The van der Waals surface area contributed by atoms with Crippen LogP contribution in [0.15, 0.2) is 80.3 Å². The summed E-state index contributed by atoms with van der Waals surface area (Å²) in [5.74, 6) is -1.16. The van der Waals surface area contributed by atoms with Crippen molar-refractivity contribution in [3.05, 3.63) is 104 Å². The predicted octanol–water partition coefficient (Wildman–Crippen LogP) is 6.41. The Bertz CT molecular complexity index is 1220. The van der Waals surface area contributed by atoms with Gasteiger partial charge in [-0.3, -0.25) is 0 Å². The standard InChI is InChI=1S/C23H13Br2F2NO3/c24-16-9-13(10-17(25)21(16)30-12-14-5-1-3-7-18(14)26)11-20-23(29)31-22(28-20)15-6-2-4-8-19(15)27/h1-11H,12H2/b20-11-. The average molecular weight is 549 g/mol. The molecule has 0 aliphatic carbocycles. The first-order valence-electron chi connectivity index (χ1n) is 9.05. The smallest absolute Gasteiger partial charge is 0.363 e. The Morgan fingerprint density at radius 1 is 0.968 bits per heavy atom. The summed E-state index contributed by atoms with van der Waals surface area (Å²) in [6, 6.07) is 15.7. The lowest BCUT2D eigenvalue weighted by molar-refractivity contribution is -0.129. The molecule has 3 aromatic rings. The number of aliphatic imine (C=N–C) groups is 1. The molecule has 156 valence electrons. The van der Waals surface area contributed by atoms with Gasteiger partial charge in [0.2, 0.25) is 5.90 Å². The Balaban J connectivity index is 1.58. The van der Waals surface area contributed by atoms with E-state index in [-0.39, 0.29) is 29.6 Å². The van der Waals surface area contributed by atoms with E-state index in [9.17, 15) is 13.6 Å². The number of nitrogens with zero attached hydrogens (tertiary/aromatic N) is 1. The maximum absolute atomic E-state index is 14.0. The van der Waals surface area contributed by atoms with Gasteiger partial charge in [0, 0.05) is 5.56 Å². The lowest BCUT2D eigenvalue weighted by Crippen LogP contribution is -2.07. The highest BCUT2D eigenvalue weighted by Gasteiger charge is 2.26. The number of cyclic esters (lactones) is 1. The van der Waals surface area contributed by atoms with Crippen LogP contribution >= 0.6 is 31.9 Å². The van der Waals surface area contributed by atoms with Gasteiger partial charge in [0.05, 0.1) is 14.5 Å². The molecule has 0 spiro atoms. The second kappa shape index (κ2) is 9.11. The largest absolute Gasteiger partial charge is 0.486 e. The van der Waals surface area contributed by atoms with Crippen molar-refractivity contribution in [2.45, 2.75) is 6.61 Å². The SMILES string of the molecule is O=C1OC(c2ccccc2F)=N/C1=C\c1cc(Br)c(OCc2ccccc2F)c(Br)c1. The molecule has 0 saturated heterocycles. The summed E-state index contributed by atoms with van der Waals surface area (Å²) in [5.41, 5.74) is 1.20. The summed E-state index contributed by atoms with van der Waals surface area (Å²) in [6.07, 6.45) is 1.52. The molecule has 1 aliphatic heterocycles. The summed E-state index contributed by atoms with van der Waals surface area (Å²) < 4.78 is 39.8. The molecule has 0 unspecified atom stereocenters. The van der Waals surface area contributed by atoms with Crippen molar-refractivity contribution in [1.29, 1.82) is 0 Å². The third kappa shape index (κ3) is 4.75. The van der Waals surface area contributed by atoms with Gasteiger partial charge in [0.1, 0.15) is 24.0 Å². The monoisotopic (exact) mass is 547 g/mol. The molecule has 4 rings (SSSR count). The van der Waals surface area contributed by atoms with Crippen molar-refractivity contribution in [3.8, 4) is 5.75 Å². The summed E-state index contributed by atoms with van der Waals surface area (Å²) in [4.78, 5) is 16.3. The van der Waals surface area contributed by atoms with Gasteiger partial charge in [-0.1, -0.05) is 30.3 Å². The fourth-order valence-corrected chi connectivity index (χ4v) is 4.33. The van der Waals surface area contributed by atoms with Gasteiger partial charge < -0.3 is 9.47 Å². The van der Waals surface area contributed by atoms with Crippen LogP contribution in [0.3, 0.4) is 0 Å². The summed E-state index contributed by atoms with van der Waals surface area (Å²) >= 11 is 6.87. The van der Waals surface area contributed by atoms with Crippen LogP contribution in [0, 0.1) is 11.6 Å². The second-order valence-electron chi connectivity index (χ2n) is 6.51. The van der Waals surface area contributed by atoms with Crippen molar-refractivity contribution in [2.75, 3.05) is 0 Å². The molecule has 31 heavy (non-hydrogen) atoms. The van der Waals surface area contributed by atoms with Crippen molar-refractivity contribution in [3.63, 3.8) is 0 Å².